The number of halogens is 2. The third-order valence-electron chi connectivity index (χ3n) is 4.37. The summed E-state index contributed by atoms with van der Waals surface area (Å²) in [6.45, 7) is 0. The number of hydrogen-bond donors (Lipinski definition) is 1. The van der Waals surface area contributed by atoms with E-state index in [1.54, 1.807) is 12.3 Å². The van der Waals surface area contributed by atoms with Gasteiger partial charge >= 0.3 is 0 Å². The molecule has 0 radical (unpaired) electrons. The maximum absolute atomic E-state index is 10.9. The molecule has 9 nitrogen and oxygen atoms in total. The van der Waals surface area contributed by atoms with Crippen LogP contribution in [0.2, 0.25) is 10.0 Å². The number of nitrogens with zero attached hydrogens (tertiary/aromatic N) is 5. The van der Waals surface area contributed by atoms with Crippen LogP contribution in [0.25, 0.3) is 17.3 Å². The molecule has 1 saturated carbocycles. The lowest BCUT2D eigenvalue weighted by Crippen LogP contribution is -2.44. The van der Waals surface area contributed by atoms with Crippen LogP contribution in [-0.2, 0) is 5.54 Å². The normalized spacial score (nSPS) is 15.7. The van der Waals surface area contributed by atoms with E-state index in [9.17, 15) is 10.1 Å². The summed E-state index contributed by atoms with van der Waals surface area (Å²) in [5.41, 5.74) is 6.19. The van der Waals surface area contributed by atoms with E-state index in [1.165, 1.54) is 16.8 Å². The van der Waals surface area contributed by atoms with Crippen LogP contribution >= 0.6 is 23.2 Å². The molecule has 2 N–H and O–H groups in total. The first kappa shape index (κ1) is 17.0. The SMILES string of the molecule is NC1(c2noc(-c3ccn(-c4c(Cl)cc([N+](=O)[O-])cc4Cl)n3)n2)CCC1. The van der Waals surface area contributed by atoms with Crippen LogP contribution in [0.5, 0.6) is 0 Å². The van der Waals surface area contributed by atoms with Crippen molar-refractivity contribution in [3.05, 3.63) is 50.4 Å². The molecular formula is C15H12Cl2N6O3. The molecule has 1 aromatic carbocycles. The largest absolute Gasteiger partial charge is 0.332 e. The summed E-state index contributed by atoms with van der Waals surface area (Å²) in [7, 11) is 0. The molecule has 134 valence electrons. The average molecular weight is 395 g/mol. The van der Waals surface area contributed by atoms with Crippen molar-refractivity contribution in [1.82, 2.24) is 19.9 Å². The number of rotatable bonds is 4. The summed E-state index contributed by atoms with van der Waals surface area (Å²) in [5.74, 6) is 0.685. The minimum Gasteiger partial charge on any atom is -0.332 e. The number of nitro groups is 1. The first-order chi connectivity index (χ1) is 12.4. The van der Waals surface area contributed by atoms with E-state index in [0.29, 0.717) is 17.2 Å². The van der Waals surface area contributed by atoms with Crippen LogP contribution < -0.4 is 5.73 Å². The van der Waals surface area contributed by atoms with Gasteiger partial charge in [-0.2, -0.15) is 10.1 Å². The third kappa shape index (κ3) is 2.74. The number of non-ortho nitro benzene ring substituents is 1. The van der Waals surface area contributed by atoms with Crippen molar-refractivity contribution in [3.8, 4) is 17.3 Å². The van der Waals surface area contributed by atoms with E-state index < -0.39 is 10.5 Å². The Balaban J connectivity index is 1.68. The molecule has 0 aliphatic heterocycles. The molecule has 0 amide bonds. The highest BCUT2D eigenvalue weighted by molar-refractivity contribution is 6.38. The zero-order valence-electron chi connectivity index (χ0n) is 13.2. The third-order valence-corrected chi connectivity index (χ3v) is 4.94. The quantitative estimate of drug-likeness (QED) is 0.529. The number of aromatic nitrogens is 4. The van der Waals surface area contributed by atoms with Crippen molar-refractivity contribution in [2.24, 2.45) is 5.73 Å². The second-order valence-corrected chi connectivity index (χ2v) is 6.91. The van der Waals surface area contributed by atoms with Gasteiger partial charge in [0.1, 0.15) is 5.69 Å². The van der Waals surface area contributed by atoms with Crippen LogP contribution in [-0.4, -0.2) is 24.8 Å². The second-order valence-electron chi connectivity index (χ2n) is 6.09. The molecule has 4 rings (SSSR count). The monoisotopic (exact) mass is 394 g/mol. The average Bonchev–Trinajstić information content (AvgIpc) is 3.21. The topological polar surface area (TPSA) is 126 Å². The lowest BCUT2D eigenvalue weighted by molar-refractivity contribution is -0.384. The van der Waals surface area contributed by atoms with Gasteiger partial charge in [0.15, 0.2) is 11.5 Å². The van der Waals surface area contributed by atoms with Crippen LogP contribution in [0.1, 0.15) is 25.1 Å². The van der Waals surface area contributed by atoms with E-state index in [1.807, 2.05) is 0 Å². The number of hydrogen-bond acceptors (Lipinski definition) is 7. The summed E-state index contributed by atoms with van der Waals surface area (Å²) in [4.78, 5) is 14.6. The van der Waals surface area contributed by atoms with Crippen molar-refractivity contribution in [2.45, 2.75) is 24.8 Å². The van der Waals surface area contributed by atoms with Crippen molar-refractivity contribution >= 4 is 28.9 Å². The molecular weight excluding hydrogens is 383 g/mol. The Morgan fingerprint density at radius 3 is 2.58 bits per heavy atom. The molecule has 0 bridgehead atoms. The van der Waals surface area contributed by atoms with Crippen LogP contribution in [0.15, 0.2) is 28.9 Å². The molecule has 0 unspecified atom stereocenters. The van der Waals surface area contributed by atoms with Crippen molar-refractivity contribution < 1.29 is 9.45 Å². The fraction of sp³-hybridized carbons (Fsp3) is 0.267. The van der Waals surface area contributed by atoms with Crippen LogP contribution in [0.3, 0.4) is 0 Å². The zero-order valence-corrected chi connectivity index (χ0v) is 14.7. The first-order valence-electron chi connectivity index (χ1n) is 7.70. The molecule has 1 aliphatic rings. The minimum atomic E-state index is -0.570. The van der Waals surface area contributed by atoms with Gasteiger partial charge in [0.25, 0.3) is 11.6 Å². The Labute approximate surface area is 156 Å². The Morgan fingerprint density at radius 2 is 2.00 bits per heavy atom. The van der Waals surface area contributed by atoms with Crippen molar-refractivity contribution in [3.63, 3.8) is 0 Å². The van der Waals surface area contributed by atoms with Gasteiger partial charge in [-0.15, -0.1) is 0 Å². The fourth-order valence-electron chi connectivity index (χ4n) is 2.75. The van der Waals surface area contributed by atoms with Crippen molar-refractivity contribution in [2.75, 3.05) is 0 Å². The highest BCUT2D eigenvalue weighted by Crippen LogP contribution is 2.38. The second kappa shape index (κ2) is 6.04. The van der Waals surface area contributed by atoms with Gasteiger partial charge in [0, 0.05) is 18.3 Å². The summed E-state index contributed by atoms with van der Waals surface area (Å²) in [6, 6.07) is 4.07. The standard InChI is InChI=1S/C15H12Cl2N6O3/c16-9-6-8(23(24)25)7-10(17)12(9)22-5-2-11(20-22)13-19-14(21-26-13)15(18)3-1-4-15/h2,5-7H,1,3-4,18H2. The lowest BCUT2D eigenvalue weighted by Gasteiger charge is -2.34. The number of nitro benzene ring substituents is 1. The Morgan fingerprint density at radius 1 is 1.31 bits per heavy atom. The summed E-state index contributed by atoms with van der Waals surface area (Å²) >= 11 is 12.3. The molecule has 0 saturated heterocycles. The van der Waals surface area contributed by atoms with Gasteiger partial charge in [-0.3, -0.25) is 10.1 Å². The van der Waals surface area contributed by atoms with Gasteiger partial charge in [0.2, 0.25) is 0 Å². The molecule has 0 spiro atoms. The van der Waals surface area contributed by atoms with Gasteiger partial charge in [-0.1, -0.05) is 28.4 Å². The van der Waals surface area contributed by atoms with Gasteiger partial charge < -0.3 is 10.3 Å². The highest BCUT2D eigenvalue weighted by atomic mass is 35.5. The van der Waals surface area contributed by atoms with E-state index in [2.05, 4.69) is 15.2 Å². The summed E-state index contributed by atoms with van der Waals surface area (Å²) < 4.78 is 6.66. The molecule has 26 heavy (non-hydrogen) atoms. The van der Waals surface area contributed by atoms with Crippen molar-refractivity contribution in [1.29, 1.82) is 0 Å². The predicted molar refractivity (Wildman–Crippen MR) is 93.2 cm³/mol. The molecule has 11 heteroatoms. The van der Waals surface area contributed by atoms with Gasteiger partial charge in [-0.05, 0) is 25.3 Å². The smallest absolute Gasteiger partial charge is 0.278 e. The van der Waals surface area contributed by atoms with Crippen LogP contribution in [0.4, 0.5) is 5.69 Å². The highest BCUT2D eigenvalue weighted by Gasteiger charge is 2.39. The molecule has 2 aromatic heterocycles. The predicted octanol–water partition coefficient (Wildman–Crippen LogP) is 3.48. The minimum absolute atomic E-state index is 0.0976. The molecule has 1 aliphatic carbocycles. The van der Waals surface area contributed by atoms with Crippen LogP contribution in [0, 0.1) is 10.1 Å². The van der Waals surface area contributed by atoms with E-state index in [4.69, 9.17) is 33.5 Å². The molecule has 1 fully saturated rings. The Bertz CT molecular complexity index is 987. The molecule has 0 atom stereocenters. The summed E-state index contributed by atoms with van der Waals surface area (Å²) in [6.07, 6.45) is 4.26. The first-order valence-corrected chi connectivity index (χ1v) is 8.46. The van der Waals surface area contributed by atoms with E-state index >= 15 is 0 Å². The Kier molecular flexibility index (Phi) is 3.94. The van der Waals surface area contributed by atoms with E-state index in [0.717, 1.165) is 19.3 Å². The maximum atomic E-state index is 10.9. The molecule has 3 aromatic rings. The molecule has 2 heterocycles. The number of nitrogens with two attached hydrogens (primary N) is 1. The fourth-order valence-corrected chi connectivity index (χ4v) is 3.40. The number of benzene rings is 1. The maximum Gasteiger partial charge on any atom is 0.278 e. The summed E-state index contributed by atoms with van der Waals surface area (Å²) in [5, 5.41) is 19.4. The zero-order chi connectivity index (χ0) is 18.5. The Hall–Kier alpha value is -2.49. The van der Waals surface area contributed by atoms with Gasteiger partial charge in [-0.25, -0.2) is 4.68 Å². The van der Waals surface area contributed by atoms with E-state index in [-0.39, 0.29) is 21.6 Å². The van der Waals surface area contributed by atoms with Gasteiger partial charge in [0.05, 0.1) is 20.5 Å². The lowest BCUT2D eigenvalue weighted by atomic mass is 9.77.